The molecule has 0 saturated heterocycles. The number of aldehydes is 1. The van der Waals surface area contributed by atoms with E-state index in [2.05, 4.69) is 0 Å². The van der Waals surface area contributed by atoms with Gasteiger partial charge in [-0.2, -0.15) is 0 Å². The Morgan fingerprint density at radius 2 is 2.07 bits per heavy atom. The summed E-state index contributed by atoms with van der Waals surface area (Å²) >= 11 is 0. The van der Waals surface area contributed by atoms with E-state index in [1.807, 2.05) is 24.3 Å². The highest BCUT2D eigenvalue weighted by atomic mass is 16.6. The number of benzene rings is 2. The van der Waals surface area contributed by atoms with E-state index in [0.29, 0.717) is 11.3 Å². The fraction of sp³-hybridized carbons (Fsp3) is 0.0833. The number of ether oxygens (including phenoxy) is 1. The first-order chi connectivity index (χ1) is 7.35. The molecule has 0 fully saturated rings. The van der Waals surface area contributed by atoms with Crippen molar-refractivity contribution in [3.63, 3.8) is 0 Å². The number of carbonyl (C=O) groups is 1. The Morgan fingerprint density at radius 1 is 1.27 bits per heavy atom. The highest BCUT2D eigenvalue weighted by molar-refractivity contribution is 5.99. The van der Waals surface area contributed by atoms with E-state index in [-0.39, 0.29) is 0 Å². The van der Waals surface area contributed by atoms with Crippen LogP contribution in [0, 0.1) is 0 Å². The van der Waals surface area contributed by atoms with Crippen molar-refractivity contribution < 1.29 is 14.6 Å². The van der Waals surface area contributed by atoms with Crippen molar-refractivity contribution in [2.45, 2.75) is 0 Å². The van der Waals surface area contributed by atoms with Crippen molar-refractivity contribution in [1.29, 1.82) is 0 Å². The second-order valence-corrected chi connectivity index (χ2v) is 3.12. The average molecular weight is 202 g/mol. The summed E-state index contributed by atoms with van der Waals surface area (Å²) in [5.41, 5.74) is 0.566. The molecule has 0 radical (unpaired) electrons. The molecule has 0 unspecified atom stereocenters. The van der Waals surface area contributed by atoms with E-state index in [0.717, 1.165) is 17.1 Å². The van der Waals surface area contributed by atoms with Crippen LogP contribution in [0.2, 0.25) is 0 Å². The van der Waals surface area contributed by atoms with Crippen LogP contribution in [0.15, 0.2) is 36.4 Å². The first-order valence-electron chi connectivity index (χ1n) is 4.57. The number of fused-ring (bicyclic) bond motifs is 1. The molecule has 3 nitrogen and oxygen atoms in total. The number of aliphatic hydroxyl groups is 1. The van der Waals surface area contributed by atoms with Gasteiger partial charge in [0, 0.05) is 5.56 Å². The van der Waals surface area contributed by atoms with Gasteiger partial charge in [0.2, 0.25) is 0 Å². The molecular weight excluding hydrogens is 192 g/mol. The first-order valence-corrected chi connectivity index (χ1v) is 4.57. The Hall–Kier alpha value is -1.87. The lowest BCUT2D eigenvalue weighted by atomic mass is 10.1. The standard InChI is InChI=1S/C12H10O3/c13-7-10-6-11(15-8-14)5-9-3-1-2-4-12(9)10/h1-7,14H,8H2. The quantitative estimate of drug-likeness (QED) is 0.611. The van der Waals surface area contributed by atoms with Gasteiger partial charge in [-0.25, -0.2) is 0 Å². The smallest absolute Gasteiger partial charge is 0.186 e. The van der Waals surface area contributed by atoms with Gasteiger partial charge in [-0.3, -0.25) is 4.79 Å². The summed E-state index contributed by atoms with van der Waals surface area (Å²) in [6, 6.07) is 10.9. The van der Waals surface area contributed by atoms with E-state index in [9.17, 15) is 4.79 Å². The zero-order valence-corrected chi connectivity index (χ0v) is 8.01. The van der Waals surface area contributed by atoms with Crippen molar-refractivity contribution in [3.8, 4) is 5.75 Å². The molecule has 0 aliphatic heterocycles. The minimum absolute atomic E-state index is 0.392. The molecule has 0 aliphatic carbocycles. The Kier molecular flexibility index (Phi) is 2.65. The zero-order valence-electron chi connectivity index (χ0n) is 8.01. The van der Waals surface area contributed by atoms with Crippen molar-refractivity contribution in [3.05, 3.63) is 42.0 Å². The Labute approximate surface area is 86.9 Å². The molecule has 2 aromatic carbocycles. The van der Waals surface area contributed by atoms with Gasteiger partial charge in [0.25, 0.3) is 0 Å². The number of hydrogen-bond acceptors (Lipinski definition) is 3. The number of rotatable bonds is 3. The third-order valence-corrected chi connectivity index (χ3v) is 2.23. The van der Waals surface area contributed by atoms with Gasteiger partial charge in [-0.05, 0) is 22.9 Å². The van der Waals surface area contributed by atoms with Crippen molar-refractivity contribution >= 4 is 17.1 Å². The number of hydrogen-bond donors (Lipinski definition) is 1. The molecule has 0 saturated carbocycles. The summed E-state index contributed by atoms with van der Waals surface area (Å²) in [5.74, 6) is 0.498. The largest absolute Gasteiger partial charge is 0.468 e. The van der Waals surface area contributed by atoms with E-state index in [4.69, 9.17) is 9.84 Å². The average Bonchev–Trinajstić information content (AvgIpc) is 2.28. The molecule has 2 rings (SSSR count). The van der Waals surface area contributed by atoms with E-state index < -0.39 is 6.79 Å². The first kappa shape index (κ1) is 9.68. The topological polar surface area (TPSA) is 46.5 Å². The molecule has 1 N–H and O–H groups in total. The molecular formula is C12H10O3. The summed E-state index contributed by atoms with van der Waals surface area (Å²) in [6.07, 6.45) is 0.784. The van der Waals surface area contributed by atoms with Crippen LogP contribution in [0.5, 0.6) is 5.75 Å². The Balaban J connectivity index is 2.65. The number of aliphatic hydroxyl groups excluding tert-OH is 1. The van der Waals surface area contributed by atoms with Crippen LogP contribution in [0.4, 0.5) is 0 Å². The third-order valence-electron chi connectivity index (χ3n) is 2.23. The second kappa shape index (κ2) is 4.11. The molecule has 2 aromatic rings. The molecule has 0 bridgehead atoms. The molecule has 3 heteroatoms. The zero-order chi connectivity index (χ0) is 10.7. The fourth-order valence-corrected chi connectivity index (χ4v) is 1.57. The van der Waals surface area contributed by atoms with Gasteiger partial charge in [-0.15, -0.1) is 0 Å². The highest BCUT2D eigenvalue weighted by Crippen LogP contribution is 2.24. The molecule has 0 atom stereocenters. The summed E-state index contributed by atoms with van der Waals surface area (Å²) in [5, 5.41) is 10.5. The van der Waals surface area contributed by atoms with E-state index >= 15 is 0 Å². The maximum absolute atomic E-state index is 10.9. The predicted molar refractivity (Wildman–Crippen MR) is 57.0 cm³/mol. The molecule has 76 valence electrons. The van der Waals surface area contributed by atoms with Crippen LogP contribution in [0.25, 0.3) is 10.8 Å². The predicted octanol–water partition coefficient (Wildman–Crippen LogP) is 1.98. The molecule has 0 amide bonds. The summed E-state index contributed by atoms with van der Waals surface area (Å²) in [4.78, 5) is 10.9. The molecule has 0 heterocycles. The monoisotopic (exact) mass is 202 g/mol. The van der Waals surface area contributed by atoms with Gasteiger partial charge in [0.05, 0.1) is 0 Å². The van der Waals surface area contributed by atoms with Crippen molar-refractivity contribution in [2.75, 3.05) is 6.79 Å². The van der Waals surface area contributed by atoms with Gasteiger partial charge < -0.3 is 9.84 Å². The minimum Gasteiger partial charge on any atom is -0.468 e. The van der Waals surface area contributed by atoms with E-state index in [1.165, 1.54) is 0 Å². The molecule has 15 heavy (non-hydrogen) atoms. The maximum atomic E-state index is 10.9. The fourth-order valence-electron chi connectivity index (χ4n) is 1.57. The van der Waals surface area contributed by atoms with Gasteiger partial charge in [-0.1, -0.05) is 24.3 Å². The van der Waals surface area contributed by atoms with Crippen molar-refractivity contribution in [1.82, 2.24) is 0 Å². The van der Waals surface area contributed by atoms with Crippen LogP contribution in [-0.2, 0) is 0 Å². The van der Waals surface area contributed by atoms with E-state index in [1.54, 1.807) is 12.1 Å². The van der Waals surface area contributed by atoms with Gasteiger partial charge in [0.1, 0.15) is 5.75 Å². The summed E-state index contributed by atoms with van der Waals surface area (Å²) < 4.78 is 4.95. The summed E-state index contributed by atoms with van der Waals surface area (Å²) in [7, 11) is 0. The van der Waals surface area contributed by atoms with Crippen LogP contribution in [0.1, 0.15) is 10.4 Å². The third kappa shape index (κ3) is 1.82. The lowest BCUT2D eigenvalue weighted by molar-refractivity contribution is 0.0982. The highest BCUT2D eigenvalue weighted by Gasteiger charge is 2.03. The Morgan fingerprint density at radius 3 is 2.80 bits per heavy atom. The lowest BCUT2D eigenvalue weighted by Crippen LogP contribution is -1.95. The normalized spacial score (nSPS) is 10.2. The van der Waals surface area contributed by atoms with Crippen LogP contribution in [0.3, 0.4) is 0 Å². The van der Waals surface area contributed by atoms with Crippen LogP contribution < -0.4 is 4.74 Å². The number of carbonyl (C=O) groups excluding carboxylic acids is 1. The summed E-state index contributed by atoms with van der Waals surface area (Å²) in [6.45, 7) is -0.392. The van der Waals surface area contributed by atoms with Crippen LogP contribution >= 0.6 is 0 Å². The van der Waals surface area contributed by atoms with Gasteiger partial charge in [0.15, 0.2) is 13.1 Å². The molecule has 0 aliphatic rings. The lowest BCUT2D eigenvalue weighted by Gasteiger charge is -2.06. The molecule has 0 aromatic heterocycles. The van der Waals surface area contributed by atoms with Crippen LogP contribution in [-0.4, -0.2) is 18.2 Å². The Bertz CT molecular complexity index is 491. The van der Waals surface area contributed by atoms with Crippen molar-refractivity contribution in [2.24, 2.45) is 0 Å². The van der Waals surface area contributed by atoms with Gasteiger partial charge >= 0.3 is 0 Å². The second-order valence-electron chi connectivity index (χ2n) is 3.12. The molecule has 0 spiro atoms. The minimum atomic E-state index is -0.392. The SMILES string of the molecule is O=Cc1cc(OCO)cc2ccccc12. The maximum Gasteiger partial charge on any atom is 0.186 e.